The fraction of sp³-hybridized carbons (Fsp3) is 0.538. The Hall–Kier alpha value is -1.40. The van der Waals surface area contributed by atoms with Gasteiger partial charge in [-0.2, -0.15) is 0 Å². The van der Waals surface area contributed by atoms with Gasteiger partial charge >= 0.3 is 5.97 Å². The van der Waals surface area contributed by atoms with Crippen molar-refractivity contribution in [2.24, 2.45) is 0 Å². The molecular weight excluding hydrogens is 264 g/mol. The van der Waals surface area contributed by atoms with Crippen molar-refractivity contribution in [2.45, 2.75) is 26.4 Å². The minimum absolute atomic E-state index is 0.0233. The molecule has 0 aromatic carbocycles. The predicted molar refractivity (Wildman–Crippen MR) is 75.1 cm³/mol. The molecule has 1 amide bonds. The SMILES string of the molecule is CC(C)N(CC(=O)O)CC(=O)N(C)Cc1cccs1. The molecule has 106 valence electrons. The molecule has 1 N–H and O–H groups in total. The molecule has 0 spiro atoms. The lowest BCUT2D eigenvalue weighted by Crippen LogP contribution is -2.43. The molecule has 5 nitrogen and oxygen atoms in total. The Balaban J connectivity index is 2.53. The van der Waals surface area contributed by atoms with E-state index >= 15 is 0 Å². The number of thiophene rings is 1. The van der Waals surface area contributed by atoms with Crippen LogP contribution < -0.4 is 0 Å². The van der Waals surface area contributed by atoms with Crippen molar-refractivity contribution in [1.29, 1.82) is 0 Å². The van der Waals surface area contributed by atoms with E-state index in [4.69, 9.17) is 5.11 Å². The Morgan fingerprint density at radius 2 is 2.05 bits per heavy atom. The second-order valence-electron chi connectivity index (χ2n) is 4.72. The number of amides is 1. The maximum atomic E-state index is 12.1. The van der Waals surface area contributed by atoms with Crippen LogP contribution in [0, 0.1) is 0 Å². The molecule has 0 aliphatic heterocycles. The number of rotatable bonds is 7. The van der Waals surface area contributed by atoms with E-state index in [1.165, 1.54) is 0 Å². The van der Waals surface area contributed by atoms with Crippen LogP contribution in [0.3, 0.4) is 0 Å². The van der Waals surface area contributed by atoms with Crippen LogP contribution in [0.15, 0.2) is 17.5 Å². The van der Waals surface area contributed by atoms with Crippen molar-refractivity contribution in [3.8, 4) is 0 Å². The molecule has 0 atom stereocenters. The van der Waals surface area contributed by atoms with Gasteiger partial charge in [0.05, 0.1) is 19.6 Å². The average Bonchev–Trinajstić information content (AvgIpc) is 2.79. The summed E-state index contributed by atoms with van der Waals surface area (Å²) in [6.45, 7) is 4.35. The van der Waals surface area contributed by atoms with Crippen LogP contribution in [0.4, 0.5) is 0 Å². The van der Waals surface area contributed by atoms with Crippen molar-refractivity contribution in [1.82, 2.24) is 9.80 Å². The van der Waals surface area contributed by atoms with E-state index in [-0.39, 0.29) is 25.0 Å². The molecule has 1 heterocycles. The highest BCUT2D eigenvalue weighted by atomic mass is 32.1. The summed E-state index contributed by atoms with van der Waals surface area (Å²) >= 11 is 1.60. The molecule has 0 saturated heterocycles. The van der Waals surface area contributed by atoms with Gasteiger partial charge in [-0.05, 0) is 25.3 Å². The molecule has 1 aromatic heterocycles. The number of aliphatic carboxylic acids is 1. The topological polar surface area (TPSA) is 60.9 Å². The van der Waals surface area contributed by atoms with Crippen LogP contribution >= 0.6 is 11.3 Å². The van der Waals surface area contributed by atoms with Gasteiger partial charge in [-0.15, -0.1) is 11.3 Å². The van der Waals surface area contributed by atoms with Gasteiger partial charge in [0.25, 0.3) is 0 Å². The standard InChI is InChI=1S/C13H20N2O3S/c1-10(2)15(9-13(17)18)8-12(16)14(3)7-11-5-4-6-19-11/h4-6,10H,7-9H2,1-3H3,(H,17,18). The monoisotopic (exact) mass is 284 g/mol. The van der Waals surface area contributed by atoms with Crippen LogP contribution in [-0.2, 0) is 16.1 Å². The lowest BCUT2D eigenvalue weighted by molar-refractivity contribution is -0.140. The van der Waals surface area contributed by atoms with Gasteiger partial charge in [-0.3, -0.25) is 14.5 Å². The summed E-state index contributed by atoms with van der Waals surface area (Å²) in [7, 11) is 1.74. The second kappa shape index (κ2) is 7.25. The number of likely N-dealkylation sites (N-methyl/N-ethyl adjacent to an activating group) is 1. The highest BCUT2D eigenvalue weighted by molar-refractivity contribution is 7.09. The van der Waals surface area contributed by atoms with Crippen molar-refractivity contribution in [3.63, 3.8) is 0 Å². The van der Waals surface area contributed by atoms with Crippen molar-refractivity contribution >= 4 is 23.2 Å². The summed E-state index contributed by atoms with van der Waals surface area (Å²) in [5.41, 5.74) is 0. The molecule has 0 unspecified atom stereocenters. The smallest absolute Gasteiger partial charge is 0.317 e. The van der Waals surface area contributed by atoms with Gasteiger partial charge in [0, 0.05) is 18.0 Å². The van der Waals surface area contributed by atoms with E-state index in [2.05, 4.69) is 0 Å². The third-order valence-corrected chi connectivity index (χ3v) is 3.67. The Labute approximate surface area is 117 Å². The fourth-order valence-corrected chi connectivity index (χ4v) is 2.37. The number of nitrogens with zero attached hydrogens (tertiary/aromatic N) is 2. The van der Waals surface area contributed by atoms with Crippen LogP contribution in [0.2, 0.25) is 0 Å². The zero-order chi connectivity index (χ0) is 14.4. The van der Waals surface area contributed by atoms with Gasteiger partial charge < -0.3 is 10.0 Å². The van der Waals surface area contributed by atoms with Crippen LogP contribution in [-0.4, -0.2) is 53.0 Å². The van der Waals surface area contributed by atoms with E-state index < -0.39 is 5.97 Å². The average molecular weight is 284 g/mol. The number of hydrogen-bond donors (Lipinski definition) is 1. The van der Waals surface area contributed by atoms with Crippen molar-refractivity contribution in [3.05, 3.63) is 22.4 Å². The van der Waals surface area contributed by atoms with Gasteiger partial charge in [0.1, 0.15) is 0 Å². The minimum atomic E-state index is -0.914. The summed E-state index contributed by atoms with van der Waals surface area (Å²) < 4.78 is 0. The first-order chi connectivity index (χ1) is 8.90. The Bertz CT molecular complexity index is 418. The minimum Gasteiger partial charge on any atom is -0.480 e. The molecule has 6 heteroatoms. The lowest BCUT2D eigenvalue weighted by Gasteiger charge is -2.26. The van der Waals surface area contributed by atoms with Gasteiger partial charge in [-0.25, -0.2) is 0 Å². The maximum absolute atomic E-state index is 12.1. The van der Waals surface area contributed by atoms with E-state index in [1.807, 2.05) is 31.4 Å². The fourth-order valence-electron chi connectivity index (χ4n) is 1.61. The molecule has 0 radical (unpaired) electrons. The summed E-state index contributed by atoms with van der Waals surface area (Å²) in [5, 5.41) is 10.8. The van der Waals surface area contributed by atoms with Gasteiger partial charge in [0.15, 0.2) is 0 Å². The molecule has 1 aromatic rings. The molecule has 0 aliphatic rings. The normalized spacial score (nSPS) is 11.0. The predicted octanol–water partition coefficient (Wildman–Crippen LogP) is 1.50. The van der Waals surface area contributed by atoms with E-state index in [1.54, 1.807) is 28.2 Å². The van der Waals surface area contributed by atoms with Crippen LogP contribution in [0.5, 0.6) is 0 Å². The van der Waals surface area contributed by atoms with E-state index in [9.17, 15) is 9.59 Å². The molecule has 0 fully saturated rings. The van der Waals surface area contributed by atoms with Crippen molar-refractivity contribution in [2.75, 3.05) is 20.1 Å². The third kappa shape index (κ3) is 5.40. The molecular formula is C13H20N2O3S. The number of carbonyl (C=O) groups is 2. The van der Waals surface area contributed by atoms with Crippen LogP contribution in [0.25, 0.3) is 0 Å². The zero-order valence-electron chi connectivity index (χ0n) is 11.5. The Morgan fingerprint density at radius 1 is 1.37 bits per heavy atom. The van der Waals surface area contributed by atoms with E-state index in [0.717, 1.165) is 4.88 Å². The Morgan fingerprint density at radius 3 is 2.53 bits per heavy atom. The third-order valence-electron chi connectivity index (χ3n) is 2.81. The number of carboxylic acid groups (broad SMARTS) is 1. The van der Waals surface area contributed by atoms with Gasteiger partial charge in [-0.1, -0.05) is 6.07 Å². The second-order valence-corrected chi connectivity index (χ2v) is 5.75. The largest absolute Gasteiger partial charge is 0.480 e. The summed E-state index contributed by atoms with van der Waals surface area (Å²) in [5.74, 6) is -0.981. The van der Waals surface area contributed by atoms with E-state index in [0.29, 0.717) is 6.54 Å². The molecule has 19 heavy (non-hydrogen) atoms. The highest BCUT2D eigenvalue weighted by Crippen LogP contribution is 2.11. The van der Waals surface area contributed by atoms with Crippen LogP contribution in [0.1, 0.15) is 18.7 Å². The summed E-state index contributed by atoms with van der Waals surface area (Å²) in [4.78, 5) is 27.2. The molecule has 0 saturated carbocycles. The molecule has 0 aliphatic carbocycles. The number of carbonyl (C=O) groups excluding carboxylic acids is 1. The molecule has 0 bridgehead atoms. The first-order valence-electron chi connectivity index (χ1n) is 6.12. The highest BCUT2D eigenvalue weighted by Gasteiger charge is 2.19. The quantitative estimate of drug-likeness (QED) is 0.824. The number of hydrogen-bond acceptors (Lipinski definition) is 4. The molecule has 1 rings (SSSR count). The lowest BCUT2D eigenvalue weighted by atomic mass is 10.3. The first kappa shape index (κ1) is 15.7. The van der Waals surface area contributed by atoms with Crippen molar-refractivity contribution < 1.29 is 14.7 Å². The number of carboxylic acids is 1. The zero-order valence-corrected chi connectivity index (χ0v) is 12.3. The maximum Gasteiger partial charge on any atom is 0.317 e. The first-order valence-corrected chi connectivity index (χ1v) is 7.00. The summed E-state index contributed by atoms with van der Waals surface area (Å²) in [6.07, 6.45) is 0. The van der Waals surface area contributed by atoms with Gasteiger partial charge in [0.2, 0.25) is 5.91 Å². The summed E-state index contributed by atoms with van der Waals surface area (Å²) in [6, 6.07) is 3.95. The Kier molecular flexibility index (Phi) is 5.98.